The normalized spacial score (nSPS) is 16.2. The van der Waals surface area contributed by atoms with Gasteiger partial charge in [-0.3, -0.25) is 4.79 Å². The molecule has 0 bridgehead atoms. The van der Waals surface area contributed by atoms with Crippen molar-refractivity contribution in [2.75, 3.05) is 0 Å². The number of ketones is 1. The number of carbonyl (C=O) groups is 1. The molecule has 4 heteroatoms. The van der Waals surface area contributed by atoms with Crippen molar-refractivity contribution < 1.29 is 4.79 Å². The van der Waals surface area contributed by atoms with Gasteiger partial charge in [0, 0.05) is 6.42 Å². The summed E-state index contributed by atoms with van der Waals surface area (Å²) < 4.78 is 0. The van der Waals surface area contributed by atoms with Crippen molar-refractivity contribution >= 4 is 16.8 Å². The highest BCUT2D eigenvalue weighted by atomic mass is 16.1. The first kappa shape index (κ1) is 13.6. The summed E-state index contributed by atoms with van der Waals surface area (Å²) in [6.07, 6.45) is 6.88. The highest BCUT2D eigenvalue weighted by Gasteiger charge is 2.24. The van der Waals surface area contributed by atoms with E-state index < -0.39 is 5.92 Å². The number of carbonyl (C=O) groups excluding carboxylic acids is 1. The minimum Gasteiger partial charge on any atom is -0.340 e. The molecule has 1 N–H and O–H groups in total. The molecule has 2 aromatic rings. The van der Waals surface area contributed by atoms with Crippen molar-refractivity contribution in [3.05, 3.63) is 41.7 Å². The summed E-state index contributed by atoms with van der Waals surface area (Å²) in [5, 5.41) is 9.35. The lowest BCUT2D eigenvalue weighted by Crippen LogP contribution is -2.13. The lowest BCUT2D eigenvalue weighted by atomic mass is 9.92. The number of Topliss-reactive ketones (excluding diaryl/α,β-unsaturated/α-hetero) is 1. The number of allylic oxidation sites excluding steroid dienone is 2. The van der Waals surface area contributed by atoms with E-state index in [0.717, 1.165) is 30.3 Å². The quantitative estimate of drug-likeness (QED) is 0.869. The average molecular weight is 279 g/mol. The molecule has 0 saturated heterocycles. The van der Waals surface area contributed by atoms with Crippen molar-refractivity contribution in [1.82, 2.24) is 9.97 Å². The van der Waals surface area contributed by atoms with E-state index in [1.165, 1.54) is 12.0 Å². The van der Waals surface area contributed by atoms with E-state index >= 15 is 0 Å². The first-order valence-electron chi connectivity index (χ1n) is 7.33. The Morgan fingerprint density at radius 3 is 2.95 bits per heavy atom. The maximum absolute atomic E-state index is 12.4. The molecule has 0 unspecified atom stereocenters. The Labute approximate surface area is 123 Å². The molecule has 106 valence electrons. The minimum atomic E-state index is -0.805. The summed E-state index contributed by atoms with van der Waals surface area (Å²) in [6.45, 7) is 0. The zero-order valence-corrected chi connectivity index (χ0v) is 11.8. The first-order chi connectivity index (χ1) is 10.3. The fourth-order valence-electron chi connectivity index (χ4n) is 2.79. The van der Waals surface area contributed by atoms with Crippen LogP contribution in [0.15, 0.2) is 35.9 Å². The van der Waals surface area contributed by atoms with Crippen molar-refractivity contribution in [2.45, 2.75) is 38.0 Å². The molecular formula is C17H17N3O. The molecule has 0 fully saturated rings. The van der Waals surface area contributed by atoms with Crippen LogP contribution in [0.4, 0.5) is 0 Å². The second-order valence-electron chi connectivity index (χ2n) is 5.45. The Balaban J connectivity index is 1.82. The van der Waals surface area contributed by atoms with Gasteiger partial charge in [0.1, 0.15) is 5.82 Å². The SMILES string of the molecule is N#C[C@@H](C(=O)CC1=CCCCC1)c1nc2ccccc2[nH]1. The Morgan fingerprint density at radius 1 is 1.38 bits per heavy atom. The van der Waals surface area contributed by atoms with Gasteiger partial charge in [0.05, 0.1) is 17.1 Å². The van der Waals surface area contributed by atoms with Crippen LogP contribution in [0.3, 0.4) is 0 Å². The number of hydrogen-bond acceptors (Lipinski definition) is 3. The van der Waals surface area contributed by atoms with Gasteiger partial charge in [0.15, 0.2) is 11.7 Å². The van der Waals surface area contributed by atoms with Crippen LogP contribution >= 0.6 is 0 Å². The second kappa shape index (κ2) is 5.92. The Morgan fingerprint density at radius 2 is 2.24 bits per heavy atom. The van der Waals surface area contributed by atoms with Gasteiger partial charge in [-0.05, 0) is 37.8 Å². The second-order valence-corrected chi connectivity index (χ2v) is 5.45. The fourth-order valence-corrected chi connectivity index (χ4v) is 2.79. The van der Waals surface area contributed by atoms with Crippen LogP contribution in [-0.2, 0) is 4.79 Å². The number of hydrogen-bond donors (Lipinski definition) is 1. The van der Waals surface area contributed by atoms with Crippen LogP contribution in [0, 0.1) is 11.3 Å². The lowest BCUT2D eigenvalue weighted by molar-refractivity contribution is -0.118. The smallest absolute Gasteiger partial charge is 0.162 e. The molecule has 0 saturated carbocycles. The summed E-state index contributed by atoms with van der Waals surface area (Å²) >= 11 is 0. The van der Waals surface area contributed by atoms with Gasteiger partial charge >= 0.3 is 0 Å². The lowest BCUT2D eigenvalue weighted by Gasteiger charge is -2.13. The summed E-state index contributed by atoms with van der Waals surface area (Å²) in [4.78, 5) is 19.9. The molecule has 0 amide bonds. The van der Waals surface area contributed by atoms with Crippen LogP contribution in [0.1, 0.15) is 43.8 Å². The fraction of sp³-hybridized carbons (Fsp3) is 0.353. The summed E-state index contributed by atoms with van der Waals surface area (Å²) in [6, 6.07) is 9.66. The number of aromatic nitrogens is 2. The van der Waals surface area contributed by atoms with E-state index in [1.807, 2.05) is 24.3 Å². The number of para-hydroxylation sites is 2. The van der Waals surface area contributed by atoms with Crippen molar-refractivity contribution in [2.24, 2.45) is 0 Å². The number of rotatable bonds is 4. The third-order valence-corrected chi connectivity index (χ3v) is 3.92. The molecule has 21 heavy (non-hydrogen) atoms. The highest BCUT2D eigenvalue weighted by Crippen LogP contribution is 2.25. The number of nitriles is 1. The standard InChI is InChI=1S/C17H17N3O/c18-11-13(16(21)10-12-6-2-1-3-7-12)17-19-14-8-4-5-9-15(14)20-17/h4-6,8-9,13H,1-3,7,10H2,(H,19,20)/t13-/m0/s1. The maximum atomic E-state index is 12.4. The predicted molar refractivity (Wildman–Crippen MR) is 80.6 cm³/mol. The molecule has 3 rings (SSSR count). The Kier molecular flexibility index (Phi) is 3.83. The molecule has 1 aromatic carbocycles. The summed E-state index contributed by atoms with van der Waals surface area (Å²) in [5.74, 6) is -0.412. The largest absolute Gasteiger partial charge is 0.340 e. The third-order valence-electron chi connectivity index (χ3n) is 3.92. The molecule has 1 aliphatic carbocycles. The van der Waals surface area contributed by atoms with Crippen LogP contribution in [0.25, 0.3) is 11.0 Å². The Hall–Kier alpha value is -2.41. The molecule has 0 spiro atoms. The Bertz CT molecular complexity index is 703. The summed E-state index contributed by atoms with van der Waals surface area (Å²) in [5.41, 5.74) is 2.82. The third kappa shape index (κ3) is 2.87. The van der Waals surface area contributed by atoms with Gasteiger partial charge in [-0.15, -0.1) is 0 Å². The van der Waals surface area contributed by atoms with E-state index in [1.54, 1.807) is 0 Å². The number of fused-ring (bicyclic) bond motifs is 1. The van der Waals surface area contributed by atoms with Crippen LogP contribution < -0.4 is 0 Å². The number of benzene rings is 1. The molecule has 0 radical (unpaired) electrons. The molecule has 1 heterocycles. The number of H-pyrrole nitrogens is 1. The number of imidazole rings is 1. The van der Waals surface area contributed by atoms with E-state index in [9.17, 15) is 10.1 Å². The molecule has 4 nitrogen and oxygen atoms in total. The highest BCUT2D eigenvalue weighted by molar-refractivity contribution is 5.90. The topological polar surface area (TPSA) is 69.5 Å². The van der Waals surface area contributed by atoms with Gasteiger partial charge in [0.25, 0.3) is 0 Å². The van der Waals surface area contributed by atoms with Gasteiger partial charge < -0.3 is 4.98 Å². The van der Waals surface area contributed by atoms with Gasteiger partial charge in [-0.2, -0.15) is 5.26 Å². The minimum absolute atomic E-state index is 0.0651. The van der Waals surface area contributed by atoms with Gasteiger partial charge in [-0.1, -0.05) is 23.8 Å². The van der Waals surface area contributed by atoms with Crippen molar-refractivity contribution in [3.63, 3.8) is 0 Å². The van der Waals surface area contributed by atoms with Crippen LogP contribution in [-0.4, -0.2) is 15.8 Å². The van der Waals surface area contributed by atoms with Crippen molar-refractivity contribution in [1.29, 1.82) is 5.26 Å². The van der Waals surface area contributed by atoms with Crippen molar-refractivity contribution in [3.8, 4) is 6.07 Å². The molecule has 1 atom stereocenters. The van der Waals surface area contributed by atoms with Crippen LogP contribution in [0.5, 0.6) is 0 Å². The van der Waals surface area contributed by atoms with E-state index in [2.05, 4.69) is 22.1 Å². The van der Waals surface area contributed by atoms with Gasteiger partial charge in [0.2, 0.25) is 0 Å². The number of nitrogens with one attached hydrogen (secondary N) is 1. The summed E-state index contributed by atoms with van der Waals surface area (Å²) in [7, 11) is 0. The molecular weight excluding hydrogens is 262 g/mol. The maximum Gasteiger partial charge on any atom is 0.162 e. The molecule has 1 aliphatic rings. The van der Waals surface area contributed by atoms with Gasteiger partial charge in [-0.25, -0.2) is 4.98 Å². The zero-order chi connectivity index (χ0) is 14.7. The number of aromatic amines is 1. The van der Waals surface area contributed by atoms with E-state index in [0.29, 0.717) is 12.2 Å². The monoisotopic (exact) mass is 279 g/mol. The first-order valence-corrected chi connectivity index (χ1v) is 7.33. The number of nitrogens with zero attached hydrogens (tertiary/aromatic N) is 2. The average Bonchev–Trinajstić information content (AvgIpc) is 2.92. The molecule has 1 aromatic heterocycles. The predicted octanol–water partition coefficient (Wildman–Crippen LogP) is 3.63. The van der Waals surface area contributed by atoms with E-state index in [-0.39, 0.29) is 5.78 Å². The van der Waals surface area contributed by atoms with Crippen LogP contribution in [0.2, 0.25) is 0 Å². The zero-order valence-electron chi connectivity index (χ0n) is 11.8. The van der Waals surface area contributed by atoms with E-state index in [4.69, 9.17) is 0 Å². The molecule has 0 aliphatic heterocycles.